The summed E-state index contributed by atoms with van der Waals surface area (Å²) in [5.41, 5.74) is 1.11. The lowest BCUT2D eigenvalue weighted by Gasteiger charge is -2.29. The lowest BCUT2D eigenvalue weighted by molar-refractivity contribution is -0.126. The van der Waals surface area contributed by atoms with Gasteiger partial charge >= 0.3 is 5.97 Å². The van der Waals surface area contributed by atoms with E-state index in [1.807, 2.05) is 6.92 Å². The van der Waals surface area contributed by atoms with Gasteiger partial charge in [-0.15, -0.1) is 0 Å². The summed E-state index contributed by atoms with van der Waals surface area (Å²) in [6.45, 7) is 3.79. The van der Waals surface area contributed by atoms with Crippen LogP contribution in [0, 0.1) is 11.7 Å². The smallest absolute Gasteiger partial charge is 0.338 e. The van der Waals surface area contributed by atoms with Crippen LogP contribution in [0.2, 0.25) is 0 Å². The lowest BCUT2D eigenvalue weighted by atomic mass is 9.85. The second-order valence-corrected chi connectivity index (χ2v) is 9.91. The molecule has 0 unspecified atom stereocenters. The zero-order valence-corrected chi connectivity index (χ0v) is 19.5. The third-order valence-electron chi connectivity index (χ3n) is 5.82. The Balaban J connectivity index is 1.51. The summed E-state index contributed by atoms with van der Waals surface area (Å²) < 4.78 is 46.1. The summed E-state index contributed by atoms with van der Waals surface area (Å²) >= 11 is 0. The Morgan fingerprint density at radius 1 is 1.03 bits per heavy atom. The Hall–Kier alpha value is -2.78. The van der Waals surface area contributed by atoms with Crippen molar-refractivity contribution in [3.8, 4) is 0 Å². The molecule has 1 saturated carbocycles. The summed E-state index contributed by atoms with van der Waals surface area (Å²) in [5.74, 6) is -1.10. The maximum Gasteiger partial charge on any atom is 0.338 e. The number of esters is 1. The molecule has 1 aliphatic carbocycles. The summed E-state index contributed by atoms with van der Waals surface area (Å²) in [6, 6.07) is 11.1. The van der Waals surface area contributed by atoms with Gasteiger partial charge < -0.3 is 10.1 Å². The van der Waals surface area contributed by atoms with Gasteiger partial charge in [0.25, 0.3) is 0 Å². The van der Waals surface area contributed by atoms with E-state index in [0.717, 1.165) is 5.56 Å². The van der Waals surface area contributed by atoms with E-state index < -0.39 is 16.0 Å². The summed E-state index contributed by atoms with van der Waals surface area (Å²) in [5, 5.41) is 2.96. The van der Waals surface area contributed by atoms with E-state index in [-0.39, 0.29) is 46.8 Å². The van der Waals surface area contributed by atoms with Crippen molar-refractivity contribution in [3.05, 3.63) is 65.5 Å². The molecule has 3 rings (SSSR count). The zero-order chi connectivity index (χ0) is 24.0. The van der Waals surface area contributed by atoms with Crippen LogP contribution in [0.4, 0.5) is 4.39 Å². The number of hydrogen-bond acceptors (Lipinski definition) is 5. The molecule has 2 aromatic rings. The van der Waals surface area contributed by atoms with E-state index in [2.05, 4.69) is 10.0 Å². The van der Waals surface area contributed by atoms with Crippen LogP contribution in [0.15, 0.2) is 53.4 Å². The van der Waals surface area contributed by atoms with Crippen LogP contribution in [0.3, 0.4) is 0 Å². The van der Waals surface area contributed by atoms with Gasteiger partial charge in [-0.2, -0.15) is 0 Å². The van der Waals surface area contributed by atoms with Crippen LogP contribution in [0.25, 0.3) is 0 Å². The fourth-order valence-electron chi connectivity index (χ4n) is 3.91. The number of hydrogen-bond donors (Lipinski definition) is 2. The first kappa shape index (κ1) is 24.9. The molecule has 7 nitrogen and oxygen atoms in total. The summed E-state index contributed by atoms with van der Waals surface area (Å²) in [6.07, 6.45) is 2.22. The first-order valence-electron chi connectivity index (χ1n) is 11.0. The normalized spacial score (nSPS) is 19.5. The van der Waals surface area contributed by atoms with Crippen LogP contribution in [-0.4, -0.2) is 32.9 Å². The average Bonchev–Trinajstić information content (AvgIpc) is 2.80. The van der Waals surface area contributed by atoms with Crippen molar-refractivity contribution in [2.75, 3.05) is 6.61 Å². The molecule has 2 N–H and O–H groups in total. The van der Waals surface area contributed by atoms with Gasteiger partial charge in [0.2, 0.25) is 15.9 Å². The highest BCUT2D eigenvalue weighted by Crippen LogP contribution is 2.27. The van der Waals surface area contributed by atoms with E-state index >= 15 is 0 Å². The molecule has 178 valence electrons. The van der Waals surface area contributed by atoms with Gasteiger partial charge in [-0.05, 0) is 81.5 Å². The van der Waals surface area contributed by atoms with Gasteiger partial charge in [-0.25, -0.2) is 22.3 Å². The number of carbonyl (C=O) groups is 2. The first-order valence-corrected chi connectivity index (χ1v) is 12.5. The second-order valence-electron chi connectivity index (χ2n) is 8.20. The molecule has 0 aromatic heterocycles. The monoisotopic (exact) mass is 476 g/mol. The predicted octanol–water partition coefficient (Wildman–Crippen LogP) is 3.72. The van der Waals surface area contributed by atoms with Crippen molar-refractivity contribution in [1.82, 2.24) is 10.0 Å². The zero-order valence-electron chi connectivity index (χ0n) is 18.7. The molecule has 0 aliphatic heterocycles. The van der Waals surface area contributed by atoms with Gasteiger partial charge in [0.15, 0.2) is 0 Å². The fourth-order valence-corrected chi connectivity index (χ4v) is 5.22. The maximum absolute atomic E-state index is 13.1. The third-order valence-corrected chi connectivity index (χ3v) is 7.36. The van der Waals surface area contributed by atoms with Crippen molar-refractivity contribution in [2.24, 2.45) is 5.92 Å². The van der Waals surface area contributed by atoms with Gasteiger partial charge in [0.05, 0.1) is 23.1 Å². The van der Waals surface area contributed by atoms with E-state index in [9.17, 15) is 22.4 Å². The van der Waals surface area contributed by atoms with Crippen LogP contribution in [0.1, 0.15) is 61.5 Å². The Morgan fingerprint density at radius 3 is 2.21 bits per heavy atom. The largest absolute Gasteiger partial charge is 0.462 e. The molecule has 2 aromatic carbocycles. The Labute approximate surface area is 193 Å². The van der Waals surface area contributed by atoms with Gasteiger partial charge in [-0.1, -0.05) is 12.1 Å². The topological polar surface area (TPSA) is 102 Å². The summed E-state index contributed by atoms with van der Waals surface area (Å²) in [4.78, 5) is 24.4. The fraction of sp³-hybridized carbons (Fsp3) is 0.417. The number of rotatable bonds is 8. The molecule has 1 amide bonds. The summed E-state index contributed by atoms with van der Waals surface area (Å²) in [7, 11) is -3.74. The van der Waals surface area contributed by atoms with Crippen molar-refractivity contribution < 1.29 is 27.1 Å². The number of benzene rings is 2. The SMILES string of the molecule is CCOC(=O)c1ccc(S(=O)(=O)N[C@H]2CC[C@H](C(=O)N[C@H](C)c3ccc(F)cc3)CC2)cc1. The minimum atomic E-state index is -3.74. The van der Waals surface area contributed by atoms with E-state index in [1.54, 1.807) is 19.1 Å². The maximum atomic E-state index is 13.1. The lowest BCUT2D eigenvalue weighted by Crippen LogP contribution is -2.41. The van der Waals surface area contributed by atoms with Crippen LogP contribution in [0.5, 0.6) is 0 Å². The number of sulfonamides is 1. The Bertz CT molecular complexity index is 1060. The molecule has 0 spiro atoms. The number of carbonyl (C=O) groups excluding carboxylic acids is 2. The van der Waals surface area contributed by atoms with Gasteiger partial charge in [-0.3, -0.25) is 4.79 Å². The van der Waals surface area contributed by atoms with E-state index in [4.69, 9.17) is 4.74 Å². The van der Waals surface area contributed by atoms with Crippen LogP contribution < -0.4 is 10.0 Å². The quantitative estimate of drug-likeness (QED) is 0.566. The number of halogens is 1. The van der Waals surface area contributed by atoms with Crippen molar-refractivity contribution in [3.63, 3.8) is 0 Å². The second kappa shape index (κ2) is 10.9. The highest BCUT2D eigenvalue weighted by Gasteiger charge is 2.29. The van der Waals surface area contributed by atoms with Gasteiger partial charge in [0.1, 0.15) is 5.82 Å². The Kier molecular flexibility index (Phi) is 8.20. The highest BCUT2D eigenvalue weighted by atomic mass is 32.2. The Morgan fingerprint density at radius 2 is 1.64 bits per heavy atom. The molecule has 0 saturated heterocycles. The minimum absolute atomic E-state index is 0.0727. The first-order chi connectivity index (χ1) is 15.7. The van der Waals surface area contributed by atoms with Crippen LogP contribution >= 0.6 is 0 Å². The molecule has 1 fully saturated rings. The molecule has 0 heterocycles. The minimum Gasteiger partial charge on any atom is -0.462 e. The molecule has 9 heteroatoms. The molecular weight excluding hydrogens is 447 g/mol. The average molecular weight is 477 g/mol. The predicted molar refractivity (Wildman–Crippen MR) is 121 cm³/mol. The molecular formula is C24H29FN2O5S. The van der Waals surface area contributed by atoms with Gasteiger partial charge in [0, 0.05) is 12.0 Å². The molecule has 0 radical (unpaired) electrons. The van der Waals surface area contributed by atoms with Crippen molar-refractivity contribution in [1.29, 1.82) is 0 Å². The van der Waals surface area contributed by atoms with Crippen molar-refractivity contribution in [2.45, 2.75) is 56.5 Å². The van der Waals surface area contributed by atoms with Crippen LogP contribution in [-0.2, 0) is 19.6 Å². The van der Waals surface area contributed by atoms with E-state index in [1.165, 1.54) is 36.4 Å². The number of ether oxygens (including phenoxy) is 1. The molecule has 1 atom stereocenters. The highest BCUT2D eigenvalue weighted by molar-refractivity contribution is 7.89. The number of nitrogens with one attached hydrogen (secondary N) is 2. The number of amides is 1. The standard InChI is InChI=1S/C24H29FN2O5S/c1-3-32-24(29)19-8-14-22(15-9-19)33(30,31)27-21-12-6-18(7-13-21)23(28)26-16(2)17-4-10-20(25)11-5-17/h4-5,8-11,14-16,18,21,27H,3,6-7,12-13H2,1-2H3,(H,26,28)/t16-,18-,21-/m1/s1. The van der Waals surface area contributed by atoms with Crippen molar-refractivity contribution >= 4 is 21.9 Å². The van der Waals surface area contributed by atoms with E-state index in [0.29, 0.717) is 25.7 Å². The third kappa shape index (κ3) is 6.61. The molecule has 1 aliphatic rings. The molecule has 0 bridgehead atoms. The molecule has 33 heavy (non-hydrogen) atoms.